The van der Waals surface area contributed by atoms with Crippen LogP contribution in [0.25, 0.3) is 0 Å². The maximum atomic E-state index is 13.3. The van der Waals surface area contributed by atoms with Crippen LogP contribution in [0, 0.1) is 5.92 Å². The van der Waals surface area contributed by atoms with Crippen molar-refractivity contribution in [1.29, 1.82) is 0 Å². The van der Waals surface area contributed by atoms with Gasteiger partial charge >= 0.3 is 0 Å². The molecule has 0 aromatic heterocycles. The van der Waals surface area contributed by atoms with Crippen LogP contribution in [0.2, 0.25) is 10.0 Å². The highest BCUT2D eigenvalue weighted by molar-refractivity contribution is 6.42. The van der Waals surface area contributed by atoms with E-state index in [0.29, 0.717) is 10.0 Å². The molecule has 2 aliphatic carbocycles. The standard InChI is InChI=1S/C21H24Cl2N2O2/c22-16-11-10-13(12-17(16)23)19(20(26)24-14-6-2-1-3-7-14)25-18-9-5-4-8-15(18)21(25)27/h4-5,10-12,14-15,18-19H,1-3,6-9H2,(H,24,26)/t15-,18+,19?/m1/s1. The number of carbonyl (C=O) groups is 2. The summed E-state index contributed by atoms with van der Waals surface area (Å²) in [6, 6.07) is 4.84. The van der Waals surface area contributed by atoms with Gasteiger partial charge in [-0.05, 0) is 43.4 Å². The Bertz CT molecular complexity index is 773. The summed E-state index contributed by atoms with van der Waals surface area (Å²) in [5.41, 5.74) is 0.721. The lowest BCUT2D eigenvalue weighted by molar-refractivity contribution is -0.165. The lowest BCUT2D eigenvalue weighted by Crippen LogP contribution is -2.64. The molecule has 1 N–H and O–H groups in total. The van der Waals surface area contributed by atoms with Gasteiger partial charge in [0.1, 0.15) is 6.04 Å². The molecule has 27 heavy (non-hydrogen) atoms. The van der Waals surface area contributed by atoms with Crippen molar-refractivity contribution in [3.8, 4) is 0 Å². The molecule has 1 aromatic rings. The van der Waals surface area contributed by atoms with Crippen LogP contribution in [-0.4, -0.2) is 28.8 Å². The van der Waals surface area contributed by atoms with Gasteiger partial charge in [0.05, 0.1) is 16.0 Å². The molecule has 2 fully saturated rings. The number of amides is 2. The van der Waals surface area contributed by atoms with E-state index in [-0.39, 0.29) is 29.8 Å². The second-order valence-electron chi connectivity index (χ2n) is 7.78. The Morgan fingerprint density at radius 1 is 1.07 bits per heavy atom. The fourth-order valence-corrected chi connectivity index (χ4v) is 4.92. The minimum Gasteiger partial charge on any atom is -0.351 e. The predicted molar refractivity (Wildman–Crippen MR) is 107 cm³/mol. The van der Waals surface area contributed by atoms with Crippen LogP contribution in [0.3, 0.4) is 0 Å². The molecule has 2 amide bonds. The average molecular weight is 407 g/mol. The topological polar surface area (TPSA) is 49.4 Å². The molecule has 0 bridgehead atoms. The normalized spacial score (nSPS) is 26.3. The third kappa shape index (κ3) is 3.62. The van der Waals surface area contributed by atoms with Crippen molar-refractivity contribution in [3.63, 3.8) is 0 Å². The number of β-lactam (4-membered cyclic amide) rings is 1. The minimum atomic E-state index is -0.651. The SMILES string of the molecule is O=C(NC1CCCCC1)C(c1ccc(Cl)c(Cl)c1)N1C(=O)[C@@H]2CC=CC[C@@H]21. The molecule has 1 saturated heterocycles. The van der Waals surface area contributed by atoms with Crippen LogP contribution >= 0.6 is 23.2 Å². The monoisotopic (exact) mass is 406 g/mol. The summed E-state index contributed by atoms with van der Waals surface area (Å²) in [7, 11) is 0. The van der Waals surface area contributed by atoms with Crippen molar-refractivity contribution in [2.24, 2.45) is 5.92 Å². The Morgan fingerprint density at radius 3 is 2.56 bits per heavy atom. The Morgan fingerprint density at radius 2 is 1.81 bits per heavy atom. The zero-order valence-electron chi connectivity index (χ0n) is 15.2. The molecule has 1 unspecified atom stereocenters. The first-order valence-corrected chi connectivity index (χ1v) is 10.5. The fourth-order valence-electron chi connectivity index (χ4n) is 4.61. The van der Waals surface area contributed by atoms with E-state index in [9.17, 15) is 9.59 Å². The van der Waals surface area contributed by atoms with Gasteiger partial charge in [-0.1, -0.05) is 60.7 Å². The Hall–Kier alpha value is -1.52. The number of fused-ring (bicyclic) bond motifs is 1. The third-order valence-electron chi connectivity index (χ3n) is 6.07. The van der Waals surface area contributed by atoms with E-state index >= 15 is 0 Å². The largest absolute Gasteiger partial charge is 0.351 e. The van der Waals surface area contributed by atoms with E-state index < -0.39 is 6.04 Å². The van der Waals surface area contributed by atoms with Crippen LogP contribution in [0.1, 0.15) is 56.6 Å². The van der Waals surface area contributed by atoms with Crippen LogP contribution in [0.5, 0.6) is 0 Å². The molecule has 3 aliphatic rings. The van der Waals surface area contributed by atoms with Gasteiger partial charge in [0, 0.05) is 12.1 Å². The lowest BCUT2D eigenvalue weighted by atomic mass is 9.77. The molecule has 0 radical (unpaired) electrons. The number of allylic oxidation sites excluding steroid dienone is 1. The van der Waals surface area contributed by atoms with Gasteiger partial charge < -0.3 is 10.2 Å². The molecule has 1 heterocycles. The lowest BCUT2D eigenvalue weighted by Gasteiger charge is -2.51. The van der Waals surface area contributed by atoms with Crippen LogP contribution in [-0.2, 0) is 9.59 Å². The van der Waals surface area contributed by atoms with Crippen LogP contribution < -0.4 is 5.32 Å². The van der Waals surface area contributed by atoms with Crippen LogP contribution in [0.4, 0.5) is 0 Å². The molecule has 144 valence electrons. The molecular formula is C21H24Cl2N2O2. The first-order chi connectivity index (χ1) is 13.1. The zero-order chi connectivity index (χ0) is 19.0. The van der Waals surface area contributed by atoms with E-state index in [1.165, 1.54) is 6.42 Å². The van der Waals surface area contributed by atoms with E-state index in [1.54, 1.807) is 23.1 Å². The van der Waals surface area contributed by atoms with E-state index in [0.717, 1.165) is 44.1 Å². The van der Waals surface area contributed by atoms with Crippen molar-refractivity contribution in [1.82, 2.24) is 10.2 Å². The molecule has 4 rings (SSSR count). The van der Waals surface area contributed by atoms with Gasteiger partial charge in [0.15, 0.2) is 0 Å². The molecule has 6 heteroatoms. The summed E-state index contributed by atoms with van der Waals surface area (Å²) in [6.07, 6.45) is 11.2. The van der Waals surface area contributed by atoms with Crippen molar-refractivity contribution in [2.75, 3.05) is 0 Å². The van der Waals surface area contributed by atoms with Crippen molar-refractivity contribution < 1.29 is 9.59 Å². The summed E-state index contributed by atoms with van der Waals surface area (Å²) in [5, 5.41) is 4.04. The highest BCUT2D eigenvalue weighted by Crippen LogP contribution is 2.42. The molecule has 1 aromatic carbocycles. The fraction of sp³-hybridized carbons (Fsp3) is 0.524. The number of hydrogen-bond donors (Lipinski definition) is 1. The number of likely N-dealkylation sites (tertiary alicyclic amines) is 1. The Labute approximate surface area is 169 Å². The number of nitrogens with one attached hydrogen (secondary N) is 1. The summed E-state index contributed by atoms with van der Waals surface area (Å²) >= 11 is 12.3. The molecule has 3 atom stereocenters. The molecule has 0 spiro atoms. The smallest absolute Gasteiger partial charge is 0.247 e. The van der Waals surface area contributed by atoms with E-state index in [2.05, 4.69) is 17.5 Å². The maximum Gasteiger partial charge on any atom is 0.247 e. The number of halogens is 2. The second-order valence-corrected chi connectivity index (χ2v) is 8.60. The van der Waals surface area contributed by atoms with E-state index in [4.69, 9.17) is 23.2 Å². The van der Waals surface area contributed by atoms with Gasteiger partial charge in [0.2, 0.25) is 11.8 Å². The maximum absolute atomic E-state index is 13.3. The Kier molecular flexibility index (Phi) is 5.47. The average Bonchev–Trinajstić information content (AvgIpc) is 2.68. The number of hydrogen-bond acceptors (Lipinski definition) is 2. The summed E-state index contributed by atoms with van der Waals surface area (Å²) < 4.78 is 0. The number of carbonyl (C=O) groups excluding carboxylic acids is 2. The highest BCUT2D eigenvalue weighted by atomic mass is 35.5. The zero-order valence-corrected chi connectivity index (χ0v) is 16.7. The quantitative estimate of drug-likeness (QED) is 0.583. The van der Waals surface area contributed by atoms with Crippen molar-refractivity contribution in [2.45, 2.75) is 63.1 Å². The van der Waals surface area contributed by atoms with Crippen LogP contribution in [0.15, 0.2) is 30.4 Å². The predicted octanol–water partition coefficient (Wildman–Crippen LogP) is 4.66. The minimum absolute atomic E-state index is 0.00255. The summed E-state index contributed by atoms with van der Waals surface area (Å²) in [6.45, 7) is 0. The first kappa shape index (κ1) is 18.8. The van der Waals surface area contributed by atoms with Crippen molar-refractivity contribution in [3.05, 3.63) is 46.0 Å². The first-order valence-electron chi connectivity index (χ1n) is 9.79. The van der Waals surface area contributed by atoms with Gasteiger partial charge in [-0.25, -0.2) is 0 Å². The third-order valence-corrected chi connectivity index (χ3v) is 6.80. The molecule has 1 saturated carbocycles. The number of nitrogens with zero attached hydrogens (tertiary/aromatic N) is 1. The number of rotatable bonds is 4. The summed E-state index contributed by atoms with van der Waals surface area (Å²) in [5.74, 6) is -0.0522. The van der Waals surface area contributed by atoms with Gasteiger partial charge in [-0.15, -0.1) is 0 Å². The summed E-state index contributed by atoms with van der Waals surface area (Å²) in [4.78, 5) is 27.8. The van der Waals surface area contributed by atoms with E-state index in [1.807, 2.05) is 0 Å². The highest BCUT2D eigenvalue weighted by Gasteiger charge is 2.52. The molecule has 4 nitrogen and oxygen atoms in total. The molecule has 1 aliphatic heterocycles. The van der Waals surface area contributed by atoms with Crippen molar-refractivity contribution >= 4 is 35.0 Å². The molecular weight excluding hydrogens is 383 g/mol. The van der Waals surface area contributed by atoms with Gasteiger partial charge in [-0.2, -0.15) is 0 Å². The van der Waals surface area contributed by atoms with Gasteiger partial charge in [-0.3, -0.25) is 9.59 Å². The van der Waals surface area contributed by atoms with Gasteiger partial charge in [0.25, 0.3) is 0 Å². The Balaban J connectivity index is 1.62. The number of benzene rings is 1. The second kappa shape index (κ2) is 7.84.